The van der Waals surface area contributed by atoms with Crippen molar-refractivity contribution in [2.45, 2.75) is 18.9 Å². The largest absolute Gasteiger partial charge is 0.382 e. The second-order valence-corrected chi connectivity index (χ2v) is 4.94. The van der Waals surface area contributed by atoms with Crippen molar-refractivity contribution in [3.8, 4) is 0 Å². The molecule has 18 heavy (non-hydrogen) atoms. The molecule has 2 rings (SSSR count). The first-order valence-corrected chi connectivity index (χ1v) is 6.29. The van der Waals surface area contributed by atoms with Gasteiger partial charge in [0.2, 0.25) is 0 Å². The number of pyridine rings is 1. The highest BCUT2D eigenvalue weighted by Gasteiger charge is 2.23. The van der Waals surface area contributed by atoms with Crippen molar-refractivity contribution in [1.29, 1.82) is 0 Å². The summed E-state index contributed by atoms with van der Waals surface area (Å²) in [6.45, 7) is 1.78. The fraction of sp³-hybridized carbons (Fsp3) is 0.538. The zero-order chi connectivity index (χ0) is 13.0. The van der Waals surface area contributed by atoms with Crippen molar-refractivity contribution in [1.82, 2.24) is 15.2 Å². The van der Waals surface area contributed by atoms with Crippen LogP contribution in [0.15, 0.2) is 18.5 Å². The van der Waals surface area contributed by atoms with Gasteiger partial charge in [-0.15, -0.1) is 0 Å². The Labute approximate surface area is 108 Å². The van der Waals surface area contributed by atoms with Crippen LogP contribution in [0.2, 0.25) is 0 Å². The van der Waals surface area contributed by atoms with E-state index in [0.717, 1.165) is 31.6 Å². The molecule has 1 aliphatic carbocycles. The van der Waals surface area contributed by atoms with E-state index >= 15 is 0 Å². The maximum Gasteiger partial charge on any atom is 0.253 e. The first-order valence-electron chi connectivity index (χ1n) is 6.29. The fourth-order valence-electron chi connectivity index (χ4n) is 1.58. The quantitative estimate of drug-likeness (QED) is 0.787. The minimum absolute atomic E-state index is 0.0266. The van der Waals surface area contributed by atoms with Gasteiger partial charge in [0, 0.05) is 31.5 Å². The molecule has 0 atom stereocenters. The molecule has 0 bridgehead atoms. The summed E-state index contributed by atoms with van der Waals surface area (Å²) < 4.78 is 0. The van der Waals surface area contributed by atoms with Crippen LogP contribution in [-0.2, 0) is 0 Å². The predicted molar refractivity (Wildman–Crippen MR) is 71.8 cm³/mol. The van der Waals surface area contributed by atoms with Gasteiger partial charge >= 0.3 is 0 Å². The Balaban J connectivity index is 1.89. The van der Waals surface area contributed by atoms with E-state index in [1.165, 1.54) is 0 Å². The molecule has 1 fully saturated rings. The monoisotopic (exact) mass is 248 g/mol. The zero-order valence-electron chi connectivity index (χ0n) is 10.9. The van der Waals surface area contributed by atoms with Gasteiger partial charge in [-0.25, -0.2) is 0 Å². The second kappa shape index (κ2) is 5.82. The summed E-state index contributed by atoms with van der Waals surface area (Å²) in [5, 5.41) is 6.21. The van der Waals surface area contributed by atoms with Crippen molar-refractivity contribution in [3.05, 3.63) is 24.0 Å². The van der Waals surface area contributed by atoms with Crippen LogP contribution in [0.1, 0.15) is 23.2 Å². The lowest BCUT2D eigenvalue weighted by Crippen LogP contribution is -2.25. The van der Waals surface area contributed by atoms with Crippen LogP contribution in [0.3, 0.4) is 0 Å². The highest BCUT2D eigenvalue weighted by molar-refractivity contribution is 5.95. The van der Waals surface area contributed by atoms with E-state index in [0.29, 0.717) is 11.6 Å². The number of hydrogen-bond donors (Lipinski definition) is 2. The number of hydrogen-bond acceptors (Lipinski definition) is 4. The van der Waals surface area contributed by atoms with Gasteiger partial charge in [-0.2, -0.15) is 0 Å². The summed E-state index contributed by atoms with van der Waals surface area (Å²) in [4.78, 5) is 18.0. The second-order valence-electron chi connectivity index (χ2n) is 4.94. The first-order chi connectivity index (χ1) is 8.65. The van der Waals surface area contributed by atoms with Gasteiger partial charge in [0.05, 0.1) is 11.3 Å². The zero-order valence-corrected chi connectivity index (χ0v) is 10.9. The lowest BCUT2D eigenvalue weighted by Gasteiger charge is -2.11. The summed E-state index contributed by atoms with van der Waals surface area (Å²) in [7, 11) is 4.05. The number of rotatable bonds is 6. The molecule has 1 amide bonds. The molecule has 5 heteroatoms. The molecule has 1 aromatic heterocycles. The van der Waals surface area contributed by atoms with Crippen molar-refractivity contribution in [2.75, 3.05) is 32.5 Å². The Hall–Kier alpha value is -1.62. The topological polar surface area (TPSA) is 57.3 Å². The van der Waals surface area contributed by atoms with E-state index in [9.17, 15) is 4.79 Å². The molecule has 1 saturated carbocycles. The van der Waals surface area contributed by atoms with E-state index in [4.69, 9.17) is 0 Å². The summed E-state index contributed by atoms with van der Waals surface area (Å²) in [5.41, 5.74) is 1.51. The highest BCUT2D eigenvalue weighted by Crippen LogP contribution is 2.19. The van der Waals surface area contributed by atoms with E-state index in [1.54, 1.807) is 12.4 Å². The van der Waals surface area contributed by atoms with Gasteiger partial charge in [-0.3, -0.25) is 9.78 Å². The number of amides is 1. The van der Waals surface area contributed by atoms with Crippen LogP contribution in [0.4, 0.5) is 5.69 Å². The van der Waals surface area contributed by atoms with Gasteiger partial charge in [-0.05, 0) is 33.0 Å². The van der Waals surface area contributed by atoms with Gasteiger partial charge < -0.3 is 15.5 Å². The van der Waals surface area contributed by atoms with Crippen LogP contribution in [-0.4, -0.2) is 49.0 Å². The number of carbonyl (C=O) groups excluding carboxylic acids is 1. The van der Waals surface area contributed by atoms with Crippen molar-refractivity contribution in [3.63, 3.8) is 0 Å². The van der Waals surface area contributed by atoms with E-state index in [1.807, 2.05) is 20.2 Å². The van der Waals surface area contributed by atoms with E-state index in [-0.39, 0.29) is 5.91 Å². The van der Waals surface area contributed by atoms with Gasteiger partial charge in [0.1, 0.15) is 0 Å². The molecule has 98 valence electrons. The van der Waals surface area contributed by atoms with Crippen LogP contribution in [0, 0.1) is 0 Å². The Kier molecular flexibility index (Phi) is 4.15. The number of likely N-dealkylation sites (N-methyl/N-ethyl adjacent to an activating group) is 1. The Morgan fingerprint density at radius 2 is 2.22 bits per heavy atom. The third kappa shape index (κ3) is 4.00. The number of carbonyl (C=O) groups is 1. The molecule has 0 unspecified atom stereocenters. The number of aromatic nitrogens is 1. The molecule has 2 N–H and O–H groups in total. The Morgan fingerprint density at radius 1 is 1.44 bits per heavy atom. The minimum atomic E-state index is -0.0266. The molecule has 0 saturated heterocycles. The van der Waals surface area contributed by atoms with Gasteiger partial charge in [0.15, 0.2) is 0 Å². The van der Waals surface area contributed by atoms with Gasteiger partial charge in [-0.1, -0.05) is 0 Å². The summed E-state index contributed by atoms with van der Waals surface area (Å²) in [6.07, 6.45) is 5.54. The molecule has 5 nitrogen and oxygen atoms in total. The molecular formula is C13H20N4O. The smallest absolute Gasteiger partial charge is 0.253 e. The maximum absolute atomic E-state index is 11.8. The molecule has 0 spiro atoms. The number of anilines is 1. The van der Waals surface area contributed by atoms with Gasteiger partial charge in [0.25, 0.3) is 5.91 Å². The highest BCUT2D eigenvalue weighted by atomic mass is 16.1. The summed E-state index contributed by atoms with van der Waals surface area (Å²) in [6, 6.07) is 2.23. The predicted octanol–water partition coefficient (Wildman–Crippen LogP) is 0.947. The Morgan fingerprint density at radius 3 is 2.89 bits per heavy atom. The third-order valence-electron chi connectivity index (χ3n) is 2.80. The van der Waals surface area contributed by atoms with Crippen LogP contribution < -0.4 is 10.6 Å². The summed E-state index contributed by atoms with van der Waals surface area (Å²) in [5.74, 6) is -0.0266. The molecule has 1 aliphatic rings. The molecule has 0 aliphatic heterocycles. The molecule has 0 aromatic carbocycles. The third-order valence-corrected chi connectivity index (χ3v) is 2.80. The van der Waals surface area contributed by atoms with Crippen molar-refractivity contribution < 1.29 is 4.79 Å². The molecular weight excluding hydrogens is 228 g/mol. The Bertz CT molecular complexity index is 415. The van der Waals surface area contributed by atoms with Crippen LogP contribution >= 0.6 is 0 Å². The lowest BCUT2D eigenvalue weighted by atomic mass is 10.2. The number of nitrogens with one attached hydrogen (secondary N) is 2. The lowest BCUT2D eigenvalue weighted by molar-refractivity contribution is 0.0951. The normalized spacial score (nSPS) is 14.6. The van der Waals surface area contributed by atoms with Crippen LogP contribution in [0.5, 0.6) is 0 Å². The molecule has 1 heterocycles. The SMILES string of the molecule is CN(C)CCNc1cncc(C(=O)NC2CC2)c1. The van der Waals surface area contributed by atoms with Crippen molar-refractivity contribution >= 4 is 11.6 Å². The average Bonchev–Trinajstić information content (AvgIpc) is 3.13. The van der Waals surface area contributed by atoms with E-state index in [2.05, 4.69) is 20.5 Å². The average molecular weight is 248 g/mol. The summed E-state index contributed by atoms with van der Waals surface area (Å²) >= 11 is 0. The minimum Gasteiger partial charge on any atom is -0.382 e. The number of nitrogens with zero attached hydrogens (tertiary/aromatic N) is 2. The van der Waals surface area contributed by atoms with Crippen molar-refractivity contribution in [2.24, 2.45) is 0 Å². The molecule has 1 aromatic rings. The first kappa shape index (κ1) is 12.8. The molecule has 0 radical (unpaired) electrons. The van der Waals surface area contributed by atoms with E-state index < -0.39 is 0 Å². The standard InChI is InChI=1S/C13H20N4O/c1-17(2)6-5-15-12-7-10(8-14-9-12)13(18)16-11-3-4-11/h7-9,11,15H,3-6H2,1-2H3,(H,16,18). The maximum atomic E-state index is 11.8. The fourth-order valence-corrected chi connectivity index (χ4v) is 1.58. The van der Waals surface area contributed by atoms with Crippen LogP contribution in [0.25, 0.3) is 0 Å².